The van der Waals surface area contributed by atoms with E-state index in [1.807, 2.05) is 0 Å². The summed E-state index contributed by atoms with van der Waals surface area (Å²) in [6, 6.07) is 15.2. The molecule has 0 saturated heterocycles. The number of anilines is 2. The minimum absolute atomic E-state index is 0.0746. The van der Waals surface area contributed by atoms with E-state index in [-0.39, 0.29) is 23.1 Å². The molecule has 0 atom stereocenters. The number of methoxy groups -OCH3 is 2. The molecule has 0 heterocycles. The van der Waals surface area contributed by atoms with Crippen molar-refractivity contribution >= 4 is 55.4 Å². The van der Waals surface area contributed by atoms with Crippen LogP contribution in [-0.4, -0.2) is 53.8 Å². The van der Waals surface area contributed by atoms with Crippen molar-refractivity contribution in [3.05, 3.63) is 83.4 Å². The number of carbonyl (C=O) groups is 2. The van der Waals surface area contributed by atoms with Gasteiger partial charge in [-0.25, -0.2) is 13.8 Å². The van der Waals surface area contributed by atoms with Crippen LogP contribution in [0.3, 0.4) is 0 Å². The molecule has 0 spiro atoms. The van der Waals surface area contributed by atoms with Crippen LogP contribution in [0.2, 0.25) is 0 Å². The average molecular weight is 646 g/mol. The van der Waals surface area contributed by atoms with Gasteiger partial charge in [0, 0.05) is 12.6 Å². The van der Waals surface area contributed by atoms with Crippen LogP contribution < -0.4 is 29.3 Å². The van der Waals surface area contributed by atoms with E-state index in [1.165, 1.54) is 63.8 Å². The van der Waals surface area contributed by atoms with E-state index in [9.17, 15) is 18.0 Å². The van der Waals surface area contributed by atoms with Crippen molar-refractivity contribution in [3.8, 4) is 17.2 Å². The summed E-state index contributed by atoms with van der Waals surface area (Å²) in [5.74, 6) is 0.463. The number of nitrogens with one attached hydrogen (secondary N) is 2. The van der Waals surface area contributed by atoms with E-state index in [2.05, 4.69) is 38.4 Å². The predicted molar refractivity (Wildman–Crippen MR) is 160 cm³/mol. The number of hydrazone groups is 1. The van der Waals surface area contributed by atoms with Crippen molar-refractivity contribution in [2.24, 2.45) is 5.10 Å². The predicted octanol–water partition coefficient (Wildman–Crippen LogP) is 4.34. The molecule has 0 bridgehead atoms. The summed E-state index contributed by atoms with van der Waals surface area (Å²) in [5, 5.41) is 6.56. The first kappa shape index (κ1) is 31.2. The minimum atomic E-state index is -4.19. The van der Waals surface area contributed by atoms with Gasteiger partial charge in [0.05, 0.1) is 35.5 Å². The van der Waals surface area contributed by atoms with Gasteiger partial charge in [0.2, 0.25) is 5.91 Å². The van der Waals surface area contributed by atoms with Crippen LogP contribution in [0.15, 0.2) is 87.8 Å². The number of sulfonamides is 1. The molecule has 216 valence electrons. The summed E-state index contributed by atoms with van der Waals surface area (Å²) in [6.07, 6.45) is 2.99. The summed E-state index contributed by atoms with van der Waals surface area (Å²) < 4.78 is 44.9. The third kappa shape index (κ3) is 8.32. The fourth-order valence-corrected chi connectivity index (χ4v) is 5.54. The highest BCUT2D eigenvalue weighted by Gasteiger charge is 2.27. The Morgan fingerprint density at radius 3 is 2.32 bits per heavy atom. The second kappa shape index (κ2) is 14.3. The Bertz CT molecular complexity index is 1530. The van der Waals surface area contributed by atoms with Crippen LogP contribution >= 0.6 is 15.9 Å². The number of hydrogen-bond donors (Lipinski definition) is 2. The Labute approximate surface area is 247 Å². The maximum atomic E-state index is 13.6. The third-order valence-corrected chi connectivity index (χ3v) is 7.79. The van der Waals surface area contributed by atoms with Crippen LogP contribution in [0.4, 0.5) is 11.4 Å². The Balaban J connectivity index is 1.83. The lowest BCUT2D eigenvalue weighted by molar-refractivity contribution is -0.119. The second-order valence-electron chi connectivity index (χ2n) is 8.34. The molecule has 0 aliphatic heterocycles. The molecule has 0 fully saturated rings. The molecular weight excluding hydrogens is 616 g/mol. The van der Waals surface area contributed by atoms with Crippen molar-refractivity contribution in [1.82, 2.24) is 5.43 Å². The largest absolute Gasteiger partial charge is 0.497 e. The molecule has 3 aromatic carbocycles. The highest BCUT2D eigenvalue weighted by Crippen LogP contribution is 2.36. The lowest BCUT2D eigenvalue weighted by atomic mass is 10.2. The van der Waals surface area contributed by atoms with Crippen molar-refractivity contribution in [3.63, 3.8) is 0 Å². The zero-order valence-electron chi connectivity index (χ0n) is 22.6. The molecule has 0 aromatic heterocycles. The van der Waals surface area contributed by atoms with Gasteiger partial charge in [-0.2, -0.15) is 5.10 Å². The molecule has 11 nitrogen and oxygen atoms in total. The fourth-order valence-electron chi connectivity index (χ4n) is 3.55. The van der Waals surface area contributed by atoms with Gasteiger partial charge in [-0.05, 0) is 82.2 Å². The van der Waals surface area contributed by atoms with Crippen LogP contribution in [-0.2, 0) is 19.6 Å². The number of ether oxygens (including phenoxy) is 3. The molecule has 13 heteroatoms. The smallest absolute Gasteiger partial charge is 0.264 e. The van der Waals surface area contributed by atoms with Gasteiger partial charge in [-0.15, -0.1) is 0 Å². The number of halogens is 1. The first-order valence-corrected chi connectivity index (χ1v) is 14.3. The SMILES string of the molecule is C=CCOc1c(Br)cc(/C=N\NC(=O)CN(c2ccc(OC)cc2)S(=O)(=O)c2ccc(NC(C)=O)cc2)cc1OC. The molecular formula is C28H29BrN4O7S. The number of rotatable bonds is 13. The Hall–Kier alpha value is -4.36. The Morgan fingerprint density at radius 1 is 1.05 bits per heavy atom. The molecule has 3 aromatic rings. The van der Waals surface area contributed by atoms with E-state index in [4.69, 9.17) is 14.2 Å². The monoisotopic (exact) mass is 644 g/mol. The molecule has 2 N–H and O–H groups in total. The molecule has 41 heavy (non-hydrogen) atoms. The third-order valence-electron chi connectivity index (χ3n) is 5.41. The lowest BCUT2D eigenvalue weighted by Crippen LogP contribution is -2.39. The summed E-state index contributed by atoms with van der Waals surface area (Å²) >= 11 is 3.43. The normalized spacial score (nSPS) is 11.0. The van der Waals surface area contributed by atoms with Crippen LogP contribution in [0.5, 0.6) is 17.2 Å². The minimum Gasteiger partial charge on any atom is -0.497 e. The Kier molecular flexibility index (Phi) is 10.9. The summed E-state index contributed by atoms with van der Waals surface area (Å²) in [7, 11) is -1.21. The van der Waals surface area contributed by atoms with E-state index >= 15 is 0 Å². The lowest BCUT2D eigenvalue weighted by Gasteiger charge is -2.24. The fraction of sp³-hybridized carbons (Fsp3) is 0.179. The van der Waals surface area contributed by atoms with Gasteiger partial charge in [0.25, 0.3) is 15.9 Å². The van der Waals surface area contributed by atoms with Crippen LogP contribution in [0, 0.1) is 0 Å². The molecule has 0 aliphatic rings. The molecule has 0 radical (unpaired) electrons. The zero-order valence-corrected chi connectivity index (χ0v) is 25.0. The summed E-state index contributed by atoms with van der Waals surface area (Å²) in [4.78, 5) is 24.1. The van der Waals surface area contributed by atoms with Crippen molar-refractivity contribution in [1.29, 1.82) is 0 Å². The van der Waals surface area contributed by atoms with Gasteiger partial charge in [-0.3, -0.25) is 13.9 Å². The van der Waals surface area contributed by atoms with E-state index in [1.54, 1.807) is 30.3 Å². The quantitative estimate of drug-likeness (QED) is 0.161. The number of benzene rings is 3. The number of nitrogens with zero attached hydrogens (tertiary/aromatic N) is 2. The van der Waals surface area contributed by atoms with Gasteiger partial charge < -0.3 is 19.5 Å². The first-order valence-electron chi connectivity index (χ1n) is 12.1. The highest BCUT2D eigenvalue weighted by molar-refractivity contribution is 9.10. The zero-order chi connectivity index (χ0) is 30.0. The van der Waals surface area contributed by atoms with Gasteiger partial charge in [-0.1, -0.05) is 12.7 Å². The number of hydrogen-bond acceptors (Lipinski definition) is 8. The summed E-state index contributed by atoms with van der Waals surface area (Å²) in [6.45, 7) is 4.69. The number of amides is 2. The van der Waals surface area contributed by atoms with E-state index < -0.39 is 22.5 Å². The Morgan fingerprint density at radius 2 is 1.73 bits per heavy atom. The van der Waals surface area contributed by atoms with Gasteiger partial charge >= 0.3 is 0 Å². The second-order valence-corrected chi connectivity index (χ2v) is 11.1. The maximum absolute atomic E-state index is 13.6. The standard InChI is InChI=1S/C28H29BrN4O7S/c1-5-14-40-28-25(29)15-20(16-26(28)39-4)17-30-32-27(35)18-33(22-8-10-23(38-3)11-9-22)41(36,37)24-12-6-21(7-13-24)31-19(2)34/h5-13,15-17H,1,14,18H2,2-4H3,(H,31,34)(H,32,35)/b30-17-. The molecule has 0 saturated carbocycles. The molecule has 0 unspecified atom stereocenters. The first-order chi connectivity index (χ1) is 19.6. The van der Waals surface area contributed by atoms with Crippen molar-refractivity contribution in [2.75, 3.05) is 37.0 Å². The topological polar surface area (TPSA) is 136 Å². The van der Waals surface area contributed by atoms with Gasteiger partial charge in [0.15, 0.2) is 11.5 Å². The molecule has 0 aliphatic carbocycles. The maximum Gasteiger partial charge on any atom is 0.264 e. The van der Waals surface area contributed by atoms with Crippen molar-refractivity contribution in [2.45, 2.75) is 11.8 Å². The molecule has 2 amide bonds. The molecule has 3 rings (SSSR count). The number of carbonyl (C=O) groups excluding carboxylic acids is 2. The van der Waals surface area contributed by atoms with Crippen LogP contribution in [0.25, 0.3) is 0 Å². The van der Waals surface area contributed by atoms with Crippen LogP contribution in [0.1, 0.15) is 12.5 Å². The average Bonchev–Trinajstić information content (AvgIpc) is 2.95. The highest BCUT2D eigenvalue weighted by atomic mass is 79.9. The van der Waals surface area contributed by atoms with E-state index in [0.29, 0.717) is 33.0 Å². The van der Waals surface area contributed by atoms with E-state index in [0.717, 1.165) is 4.31 Å². The van der Waals surface area contributed by atoms with Crippen molar-refractivity contribution < 1.29 is 32.2 Å². The van der Waals surface area contributed by atoms with Gasteiger partial charge in [0.1, 0.15) is 18.9 Å². The summed E-state index contributed by atoms with van der Waals surface area (Å²) in [5.41, 5.74) is 3.62.